The number of furan rings is 1. The number of nitrogens with two attached hydrogens (primary N) is 1. The second kappa shape index (κ2) is 7.64. The molecule has 0 unspecified atom stereocenters. The summed E-state index contributed by atoms with van der Waals surface area (Å²) < 4.78 is 12.2. The van der Waals surface area contributed by atoms with Crippen molar-refractivity contribution in [3.63, 3.8) is 0 Å². The molecule has 0 spiro atoms. The third-order valence-corrected chi connectivity index (χ3v) is 4.70. The van der Waals surface area contributed by atoms with E-state index >= 15 is 0 Å². The Morgan fingerprint density at radius 1 is 1.00 bits per heavy atom. The average Bonchev–Trinajstić information content (AvgIpc) is 3.17. The fraction of sp³-hybridized carbons (Fsp3) is 0.174. The van der Waals surface area contributed by atoms with Gasteiger partial charge in [0.25, 0.3) is 0 Å². The number of nitrogens with zero attached hydrogens (tertiary/aromatic N) is 1. The average molecular weight is 358 g/mol. The van der Waals surface area contributed by atoms with E-state index in [1.165, 1.54) is 5.56 Å². The van der Waals surface area contributed by atoms with Gasteiger partial charge in [0.15, 0.2) is 0 Å². The van der Waals surface area contributed by atoms with E-state index in [1.807, 2.05) is 42.5 Å². The van der Waals surface area contributed by atoms with Crippen LogP contribution in [0, 0.1) is 0 Å². The van der Waals surface area contributed by atoms with Crippen LogP contribution in [0.25, 0.3) is 22.3 Å². The van der Waals surface area contributed by atoms with Gasteiger partial charge in [-0.3, -0.25) is 4.98 Å². The quantitative estimate of drug-likeness (QED) is 0.521. The van der Waals surface area contributed by atoms with Crippen LogP contribution in [-0.2, 0) is 19.6 Å². The van der Waals surface area contributed by atoms with Crippen LogP contribution in [0.3, 0.4) is 0 Å². The molecule has 0 amide bonds. The summed E-state index contributed by atoms with van der Waals surface area (Å²) in [6.45, 7) is 3.04. The molecule has 0 saturated heterocycles. The van der Waals surface area contributed by atoms with Gasteiger partial charge in [0.1, 0.15) is 23.7 Å². The smallest absolute Gasteiger partial charge is 0.135 e. The zero-order chi connectivity index (χ0) is 18.6. The zero-order valence-corrected chi connectivity index (χ0v) is 15.3. The first kappa shape index (κ1) is 17.3. The van der Waals surface area contributed by atoms with Crippen LogP contribution in [0.1, 0.15) is 23.7 Å². The summed E-state index contributed by atoms with van der Waals surface area (Å²) in [5.74, 6) is 1.74. The van der Waals surface area contributed by atoms with Gasteiger partial charge >= 0.3 is 0 Å². The molecular formula is C23H22N2O2. The van der Waals surface area contributed by atoms with E-state index in [0.717, 1.165) is 45.7 Å². The number of aryl methyl sites for hydroxylation is 1. The first-order chi connectivity index (χ1) is 13.3. The number of aromatic nitrogens is 1. The van der Waals surface area contributed by atoms with Crippen LogP contribution < -0.4 is 10.5 Å². The first-order valence-corrected chi connectivity index (χ1v) is 9.16. The van der Waals surface area contributed by atoms with Crippen molar-refractivity contribution in [1.29, 1.82) is 0 Å². The lowest BCUT2D eigenvalue weighted by atomic mass is 10.1. The summed E-state index contributed by atoms with van der Waals surface area (Å²) in [4.78, 5) is 4.25. The molecule has 4 heteroatoms. The maximum absolute atomic E-state index is 6.11. The van der Waals surface area contributed by atoms with Crippen molar-refractivity contribution < 1.29 is 9.15 Å². The van der Waals surface area contributed by atoms with Gasteiger partial charge in [-0.15, -0.1) is 0 Å². The Morgan fingerprint density at radius 3 is 2.70 bits per heavy atom. The van der Waals surface area contributed by atoms with Crippen LogP contribution in [-0.4, -0.2) is 4.98 Å². The second-order valence-corrected chi connectivity index (χ2v) is 6.43. The van der Waals surface area contributed by atoms with Gasteiger partial charge in [0, 0.05) is 29.3 Å². The van der Waals surface area contributed by atoms with Gasteiger partial charge < -0.3 is 14.9 Å². The highest BCUT2D eigenvalue weighted by molar-refractivity contribution is 5.85. The van der Waals surface area contributed by atoms with Crippen molar-refractivity contribution in [2.24, 2.45) is 5.73 Å². The normalized spacial score (nSPS) is 11.0. The Labute approximate surface area is 158 Å². The fourth-order valence-electron chi connectivity index (χ4n) is 3.22. The lowest BCUT2D eigenvalue weighted by Crippen LogP contribution is -1.98. The molecule has 2 N–H and O–H groups in total. The first-order valence-electron chi connectivity index (χ1n) is 9.16. The van der Waals surface area contributed by atoms with Crippen LogP contribution in [0.4, 0.5) is 0 Å². The highest BCUT2D eigenvalue weighted by Gasteiger charge is 2.11. The van der Waals surface area contributed by atoms with E-state index in [-0.39, 0.29) is 0 Å². The van der Waals surface area contributed by atoms with Crippen molar-refractivity contribution >= 4 is 11.0 Å². The number of hydrogen-bond acceptors (Lipinski definition) is 4. The molecule has 27 heavy (non-hydrogen) atoms. The Morgan fingerprint density at radius 2 is 1.85 bits per heavy atom. The Balaban J connectivity index is 1.65. The number of para-hydroxylation sites is 1. The summed E-state index contributed by atoms with van der Waals surface area (Å²) in [6, 6.07) is 20.2. The summed E-state index contributed by atoms with van der Waals surface area (Å²) in [5, 5.41) is 1.06. The largest absolute Gasteiger partial charge is 0.489 e. The van der Waals surface area contributed by atoms with Gasteiger partial charge in [-0.1, -0.05) is 37.3 Å². The molecule has 136 valence electrons. The predicted octanol–water partition coefficient (Wildman–Crippen LogP) is 5.09. The van der Waals surface area contributed by atoms with Crippen molar-refractivity contribution in [2.45, 2.75) is 26.5 Å². The molecular weight excluding hydrogens is 336 g/mol. The molecule has 0 atom stereocenters. The number of ether oxygens (including phenoxy) is 1. The third kappa shape index (κ3) is 3.57. The second-order valence-electron chi connectivity index (χ2n) is 6.43. The van der Waals surface area contributed by atoms with Gasteiger partial charge in [0.2, 0.25) is 0 Å². The van der Waals surface area contributed by atoms with E-state index in [4.69, 9.17) is 14.9 Å². The minimum atomic E-state index is 0.407. The molecule has 0 saturated carbocycles. The number of rotatable bonds is 6. The molecule has 2 heterocycles. The van der Waals surface area contributed by atoms with E-state index in [0.29, 0.717) is 13.2 Å². The van der Waals surface area contributed by atoms with Crippen LogP contribution in [0.15, 0.2) is 71.3 Å². The van der Waals surface area contributed by atoms with E-state index in [9.17, 15) is 0 Å². The van der Waals surface area contributed by atoms with E-state index in [1.54, 1.807) is 6.20 Å². The third-order valence-electron chi connectivity index (χ3n) is 4.70. The van der Waals surface area contributed by atoms with Gasteiger partial charge in [-0.2, -0.15) is 0 Å². The topological polar surface area (TPSA) is 61.3 Å². The Bertz CT molecular complexity index is 1070. The van der Waals surface area contributed by atoms with E-state index < -0.39 is 0 Å². The highest BCUT2D eigenvalue weighted by Crippen LogP contribution is 2.31. The van der Waals surface area contributed by atoms with Gasteiger partial charge in [-0.25, -0.2) is 0 Å². The number of benzene rings is 2. The summed E-state index contributed by atoms with van der Waals surface area (Å²) in [6.07, 6.45) is 2.71. The monoisotopic (exact) mass is 358 g/mol. The number of fused-ring (bicyclic) bond motifs is 1. The summed E-state index contributed by atoms with van der Waals surface area (Å²) >= 11 is 0. The molecule has 0 aliphatic rings. The zero-order valence-electron chi connectivity index (χ0n) is 15.3. The predicted molar refractivity (Wildman–Crippen MR) is 107 cm³/mol. The molecule has 2 aromatic carbocycles. The van der Waals surface area contributed by atoms with Crippen LogP contribution in [0.5, 0.6) is 5.75 Å². The highest BCUT2D eigenvalue weighted by atomic mass is 16.5. The Kier molecular flexibility index (Phi) is 4.90. The van der Waals surface area contributed by atoms with E-state index in [2.05, 4.69) is 30.1 Å². The van der Waals surface area contributed by atoms with Crippen LogP contribution in [0.2, 0.25) is 0 Å². The lowest BCUT2D eigenvalue weighted by Gasteiger charge is -2.10. The lowest BCUT2D eigenvalue weighted by molar-refractivity contribution is 0.304. The molecule has 0 aliphatic carbocycles. The molecule has 0 fully saturated rings. The molecule has 4 aromatic rings. The molecule has 4 rings (SSSR count). The fourth-order valence-corrected chi connectivity index (χ4v) is 3.22. The molecule has 4 nitrogen and oxygen atoms in total. The molecule has 0 aliphatic heterocycles. The summed E-state index contributed by atoms with van der Waals surface area (Å²) in [5.41, 5.74) is 10.7. The molecule has 0 radical (unpaired) electrons. The van der Waals surface area contributed by atoms with Crippen molar-refractivity contribution in [3.8, 4) is 17.1 Å². The molecule has 0 bridgehead atoms. The summed E-state index contributed by atoms with van der Waals surface area (Å²) in [7, 11) is 0. The van der Waals surface area contributed by atoms with Crippen molar-refractivity contribution in [3.05, 3.63) is 83.7 Å². The maximum atomic E-state index is 6.11. The van der Waals surface area contributed by atoms with Crippen molar-refractivity contribution in [2.75, 3.05) is 0 Å². The Hall–Kier alpha value is -3.11. The number of hydrogen-bond donors (Lipinski definition) is 1. The number of pyridine rings is 1. The van der Waals surface area contributed by atoms with Crippen molar-refractivity contribution in [1.82, 2.24) is 4.98 Å². The van der Waals surface area contributed by atoms with Gasteiger partial charge in [-0.05, 0) is 42.3 Å². The molecule has 2 aromatic heterocycles. The van der Waals surface area contributed by atoms with Gasteiger partial charge in [0.05, 0.1) is 5.69 Å². The van der Waals surface area contributed by atoms with Crippen LogP contribution >= 0.6 is 0 Å². The maximum Gasteiger partial charge on any atom is 0.135 e. The standard InChI is InChI=1S/C23H22N2O2/c1-2-16-6-3-4-8-21(16)26-15-18-7-5-9-22-20(18)13-23(27-22)17-10-11-25-19(12-17)14-24/h3-13H,2,14-15,24H2,1H3. The minimum Gasteiger partial charge on any atom is -0.489 e. The minimum absolute atomic E-state index is 0.407. The SMILES string of the molecule is CCc1ccccc1OCc1cccc2oc(-c3ccnc(CN)c3)cc12.